The Morgan fingerprint density at radius 1 is 1.53 bits per heavy atom. The Bertz CT molecular complexity index is 406. The summed E-state index contributed by atoms with van der Waals surface area (Å²) in [5.74, 6) is -0.159. The highest BCUT2D eigenvalue weighted by Crippen LogP contribution is 2.24. The van der Waals surface area contributed by atoms with Crippen molar-refractivity contribution in [3.05, 3.63) is 23.9 Å². The molecule has 4 heteroatoms. The van der Waals surface area contributed by atoms with Gasteiger partial charge in [0.1, 0.15) is 5.82 Å². The van der Waals surface area contributed by atoms with E-state index in [1.54, 1.807) is 6.07 Å². The summed E-state index contributed by atoms with van der Waals surface area (Å²) in [5, 5.41) is 8.95. The largest absolute Gasteiger partial charge is 0.477 e. The normalized spacial score (nSPS) is 20.3. The maximum Gasteiger partial charge on any atom is 0.354 e. The highest BCUT2D eigenvalue weighted by Gasteiger charge is 2.22. The second-order valence-corrected chi connectivity index (χ2v) is 4.44. The first-order valence-corrected chi connectivity index (χ1v) is 6.19. The standard InChI is InChI=1S/C13H18N2O2/c1-2-10-6-3-4-9-15(10)12-8-5-7-11(14-12)13(16)17/h5,7-8,10H,2-4,6,9H2,1H3,(H,16,17). The van der Waals surface area contributed by atoms with E-state index in [-0.39, 0.29) is 5.69 Å². The van der Waals surface area contributed by atoms with Crippen molar-refractivity contribution < 1.29 is 9.90 Å². The summed E-state index contributed by atoms with van der Waals surface area (Å²) < 4.78 is 0. The molecule has 0 bridgehead atoms. The van der Waals surface area contributed by atoms with Crippen molar-refractivity contribution in [1.82, 2.24) is 4.98 Å². The summed E-state index contributed by atoms with van der Waals surface area (Å²) in [7, 11) is 0. The minimum atomic E-state index is -0.961. The molecule has 1 unspecified atom stereocenters. The molecule has 1 aromatic rings. The summed E-state index contributed by atoms with van der Waals surface area (Å²) >= 11 is 0. The predicted molar refractivity (Wildman–Crippen MR) is 66.5 cm³/mol. The Morgan fingerprint density at radius 3 is 3.06 bits per heavy atom. The third-order valence-corrected chi connectivity index (χ3v) is 3.35. The molecule has 1 saturated heterocycles. The van der Waals surface area contributed by atoms with Crippen LogP contribution in [0.3, 0.4) is 0 Å². The number of nitrogens with zero attached hydrogens (tertiary/aromatic N) is 2. The zero-order chi connectivity index (χ0) is 12.3. The van der Waals surface area contributed by atoms with Gasteiger partial charge in [0, 0.05) is 12.6 Å². The number of pyridine rings is 1. The number of aromatic carboxylic acids is 1. The molecule has 1 aliphatic heterocycles. The average molecular weight is 234 g/mol. The lowest BCUT2D eigenvalue weighted by Crippen LogP contribution is -2.39. The van der Waals surface area contributed by atoms with Crippen molar-refractivity contribution in [1.29, 1.82) is 0 Å². The Balaban J connectivity index is 2.25. The lowest BCUT2D eigenvalue weighted by molar-refractivity contribution is 0.0690. The molecule has 1 aromatic heterocycles. The number of carboxylic acids is 1. The molecule has 4 nitrogen and oxygen atoms in total. The first-order chi connectivity index (χ1) is 8.22. The van der Waals surface area contributed by atoms with E-state index >= 15 is 0 Å². The Morgan fingerprint density at radius 2 is 2.35 bits per heavy atom. The molecule has 0 aliphatic carbocycles. The van der Waals surface area contributed by atoms with Gasteiger partial charge >= 0.3 is 5.97 Å². The van der Waals surface area contributed by atoms with E-state index in [1.807, 2.05) is 6.07 Å². The van der Waals surface area contributed by atoms with Crippen LogP contribution in [-0.4, -0.2) is 28.6 Å². The van der Waals surface area contributed by atoms with E-state index in [2.05, 4.69) is 16.8 Å². The molecule has 2 rings (SSSR count). The van der Waals surface area contributed by atoms with Crippen LogP contribution in [0.1, 0.15) is 43.1 Å². The van der Waals surface area contributed by atoms with Gasteiger partial charge in [0.05, 0.1) is 0 Å². The van der Waals surface area contributed by atoms with Gasteiger partial charge in [-0.25, -0.2) is 9.78 Å². The second-order valence-electron chi connectivity index (χ2n) is 4.44. The van der Waals surface area contributed by atoms with Crippen molar-refractivity contribution in [3.8, 4) is 0 Å². The van der Waals surface area contributed by atoms with Crippen LogP contribution in [0.25, 0.3) is 0 Å². The molecule has 0 amide bonds. The highest BCUT2D eigenvalue weighted by molar-refractivity contribution is 5.85. The molecule has 0 aromatic carbocycles. The van der Waals surface area contributed by atoms with Gasteiger partial charge in [-0.3, -0.25) is 0 Å². The smallest absolute Gasteiger partial charge is 0.354 e. The quantitative estimate of drug-likeness (QED) is 0.873. The second kappa shape index (κ2) is 5.17. The number of carboxylic acid groups (broad SMARTS) is 1. The van der Waals surface area contributed by atoms with E-state index in [9.17, 15) is 4.79 Å². The van der Waals surface area contributed by atoms with Crippen LogP contribution >= 0.6 is 0 Å². The zero-order valence-corrected chi connectivity index (χ0v) is 10.1. The first kappa shape index (κ1) is 11.9. The molecule has 1 atom stereocenters. The van der Waals surface area contributed by atoms with Gasteiger partial charge < -0.3 is 10.0 Å². The van der Waals surface area contributed by atoms with Gasteiger partial charge in [-0.05, 0) is 37.8 Å². The van der Waals surface area contributed by atoms with E-state index < -0.39 is 5.97 Å². The Hall–Kier alpha value is -1.58. The van der Waals surface area contributed by atoms with Gasteiger partial charge in [0.15, 0.2) is 5.69 Å². The number of aromatic nitrogens is 1. The lowest BCUT2D eigenvalue weighted by Gasteiger charge is -2.36. The summed E-state index contributed by atoms with van der Waals surface area (Å²) in [6.45, 7) is 3.15. The molecule has 1 N–H and O–H groups in total. The van der Waals surface area contributed by atoms with Crippen LogP contribution in [0, 0.1) is 0 Å². The molecular formula is C13H18N2O2. The SMILES string of the molecule is CCC1CCCCN1c1cccc(C(=O)O)n1. The van der Waals surface area contributed by atoms with Crippen molar-refractivity contribution in [2.75, 3.05) is 11.4 Å². The summed E-state index contributed by atoms with van der Waals surface area (Å²) in [4.78, 5) is 17.4. The van der Waals surface area contributed by atoms with Crippen LogP contribution in [0.4, 0.5) is 5.82 Å². The number of carbonyl (C=O) groups is 1. The topological polar surface area (TPSA) is 53.4 Å². The molecule has 0 spiro atoms. The third kappa shape index (κ3) is 2.57. The molecule has 0 saturated carbocycles. The number of piperidine rings is 1. The minimum absolute atomic E-state index is 0.128. The summed E-state index contributed by atoms with van der Waals surface area (Å²) in [5.41, 5.74) is 0.128. The molecule has 1 fully saturated rings. The average Bonchev–Trinajstić information content (AvgIpc) is 2.39. The number of hydrogen-bond donors (Lipinski definition) is 1. The zero-order valence-electron chi connectivity index (χ0n) is 10.1. The summed E-state index contributed by atoms with van der Waals surface area (Å²) in [6.07, 6.45) is 4.68. The van der Waals surface area contributed by atoms with Gasteiger partial charge in [0.2, 0.25) is 0 Å². The van der Waals surface area contributed by atoms with Crippen molar-refractivity contribution in [3.63, 3.8) is 0 Å². The van der Waals surface area contributed by atoms with Gasteiger partial charge in [-0.1, -0.05) is 13.0 Å². The van der Waals surface area contributed by atoms with Crippen LogP contribution in [-0.2, 0) is 0 Å². The van der Waals surface area contributed by atoms with Crippen molar-refractivity contribution >= 4 is 11.8 Å². The number of anilines is 1. The Kier molecular flexibility index (Phi) is 3.61. The number of hydrogen-bond acceptors (Lipinski definition) is 3. The molecule has 1 aliphatic rings. The van der Waals surface area contributed by atoms with Crippen LogP contribution in [0.5, 0.6) is 0 Å². The predicted octanol–water partition coefficient (Wildman–Crippen LogP) is 2.55. The molecular weight excluding hydrogens is 216 g/mol. The molecule has 2 heterocycles. The van der Waals surface area contributed by atoms with Gasteiger partial charge in [-0.15, -0.1) is 0 Å². The molecule has 17 heavy (non-hydrogen) atoms. The minimum Gasteiger partial charge on any atom is -0.477 e. The van der Waals surface area contributed by atoms with Gasteiger partial charge in [0.25, 0.3) is 0 Å². The van der Waals surface area contributed by atoms with Crippen molar-refractivity contribution in [2.45, 2.75) is 38.6 Å². The Labute approximate surface area is 101 Å². The number of rotatable bonds is 3. The molecule has 92 valence electrons. The van der Waals surface area contributed by atoms with E-state index in [0.29, 0.717) is 6.04 Å². The maximum absolute atomic E-state index is 10.9. The fourth-order valence-electron chi connectivity index (χ4n) is 2.43. The van der Waals surface area contributed by atoms with E-state index in [0.717, 1.165) is 25.2 Å². The first-order valence-electron chi connectivity index (χ1n) is 6.19. The fraction of sp³-hybridized carbons (Fsp3) is 0.538. The maximum atomic E-state index is 10.9. The van der Waals surface area contributed by atoms with Crippen LogP contribution < -0.4 is 4.90 Å². The molecule has 0 radical (unpaired) electrons. The fourth-order valence-corrected chi connectivity index (χ4v) is 2.43. The van der Waals surface area contributed by atoms with Gasteiger partial charge in [-0.2, -0.15) is 0 Å². The van der Waals surface area contributed by atoms with Crippen LogP contribution in [0.15, 0.2) is 18.2 Å². The monoisotopic (exact) mass is 234 g/mol. The van der Waals surface area contributed by atoms with Crippen LogP contribution in [0.2, 0.25) is 0 Å². The summed E-state index contributed by atoms with van der Waals surface area (Å²) in [6, 6.07) is 5.71. The third-order valence-electron chi connectivity index (χ3n) is 3.35. The van der Waals surface area contributed by atoms with E-state index in [4.69, 9.17) is 5.11 Å². The lowest BCUT2D eigenvalue weighted by atomic mass is 10.00. The highest BCUT2D eigenvalue weighted by atomic mass is 16.4. The van der Waals surface area contributed by atoms with E-state index in [1.165, 1.54) is 18.9 Å². The van der Waals surface area contributed by atoms with Crippen molar-refractivity contribution in [2.24, 2.45) is 0 Å².